The van der Waals surface area contributed by atoms with Crippen LogP contribution in [-0.4, -0.2) is 28.0 Å². The van der Waals surface area contributed by atoms with E-state index < -0.39 is 0 Å². The first kappa shape index (κ1) is 7.85. The molecule has 1 heterocycles. The standard InChI is InChI=1S/C6H12BrN3/c1-3-4-10-6(2)9(7)5-8-10/h5-6H,3-4H2,1-2H3. The van der Waals surface area contributed by atoms with E-state index in [2.05, 4.69) is 40.1 Å². The second-order valence-electron chi connectivity index (χ2n) is 2.37. The Hall–Kier alpha value is -0.250. The van der Waals surface area contributed by atoms with E-state index in [0.717, 1.165) is 13.0 Å². The number of halogens is 1. The third-order valence-electron chi connectivity index (χ3n) is 1.55. The maximum atomic E-state index is 4.17. The van der Waals surface area contributed by atoms with Gasteiger partial charge in [0.15, 0.2) is 0 Å². The first-order chi connectivity index (χ1) is 4.75. The van der Waals surface area contributed by atoms with Gasteiger partial charge < -0.3 is 0 Å². The Bertz CT molecular complexity index is 137. The van der Waals surface area contributed by atoms with E-state index in [-0.39, 0.29) is 0 Å². The Morgan fingerprint density at radius 2 is 2.40 bits per heavy atom. The fraction of sp³-hybridized carbons (Fsp3) is 0.833. The first-order valence-electron chi connectivity index (χ1n) is 3.50. The second kappa shape index (κ2) is 3.23. The van der Waals surface area contributed by atoms with Crippen LogP contribution in [0.4, 0.5) is 0 Å². The lowest BCUT2D eigenvalue weighted by Gasteiger charge is -2.21. The molecule has 1 aliphatic rings. The minimum absolute atomic E-state index is 0.361. The van der Waals surface area contributed by atoms with Crippen molar-refractivity contribution in [2.45, 2.75) is 26.4 Å². The molecule has 0 spiro atoms. The average molecular weight is 206 g/mol. The maximum absolute atomic E-state index is 4.17. The number of hydrogen-bond acceptors (Lipinski definition) is 3. The monoisotopic (exact) mass is 205 g/mol. The van der Waals surface area contributed by atoms with Crippen molar-refractivity contribution in [3.63, 3.8) is 0 Å². The predicted molar refractivity (Wildman–Crippen MR) is 45.7 cm³/mol. The van der Waals surface area contributed by atoms with E-state index in [0.29, 0.717) is 6.17 Å². The van der Waals surface area contributed by atoms with Crippen molar-refractivity contribution >= 4 is 22.5 Å². The van der Waals surface area contributed by atoms with Gasteiger partial charge in [0.1, 0.15) is 12.5 Å². The third-order valence-corrected chi connectivity index (χ3v) is 2.33. The molecule has 0 aliphatic carbocycles. The highest BCUT2D eigenvalue weighted by Gasteiger charge is 2.19. The van der Waals surface area contributed by atoms with E-state index in [1.54, 1.807) is 6.34 Å². The number of rotatable bonds is 2. The molecule has 3 nitrogen and oxygen atoms in total. The van der Waals surface area contributed by atoms with Gasteiger partial charge in [-0.25, -0.2) is 0 Å². The van der Waals surface area contributed by atoms with Crippen LogP contribution in [0, 0.1) is 0 Å². The minimum atomic E-state index is 0.361. The van der Waals surface area contributed by atoms with Crippen molar-refractivity contribution in [2.75, 3.05) is 6.54 Å². The predicted octanol–water partition coefficient (Wildman–Crippen LogP) is 1.61. The Balaban J connectivity index is 2.41. The van der Waals surface area contributed by atoms with E-state index in [1.165, 1.54) is 0 Å². The lowest BCUT2D eigenvalue weighted by atomic mass is 10.4. The summed E-state index contributed by atoms with van der Waals surface area (Å²) in [6.07, 6.45) is 3.29. The Labute approximate surface area is 70.0 Å². The molecular formula is C6H12BrN3. The Morgan fingerprint density at radius 1 is 1.70 bits per heavy atom. The van der Waals surface area contributed by atoms with Gasteiger partial charge in [0.05, 0.1) is 16.1 Å². The topological polar surface area (TPSA) is 18.8 Å². The van der Waals surface area contributed by atoms with Crippen LogP contribution in [0.5, 0.6) is 0 Å². The molecule has 0 amide bonds. The molecule has 1 aliphatic heterocycles. The Kier molecular flexibility index (Phi) is 2.54. The minimum Gasteiger partial charge on any atom is -0.275 e. The summed E-state index contributed by atoms with van der Waals surface area (Å²) in [5.74, 6) is 0. The van der Waals surface area contributed by atoms with Crippen LogP contribution < -0.4 is 0 Å². The normalized spacial score (nSPS) is 24.5. The van der Waals surface area contributed by atoms with Gasteiger partial charge in [-0.2, -0.15) is 5.10 Å². The quantitative estimate of drug-likeness (QED) is 0.639. The zero-order valence-electron chi connectivity index (χ0n) is 6.29. The molecule has 1 unspecified atom stereocenters. The summed E-state index contributed by atoms with van der Waals surface area (Å²) in [5, 5.41) is 6.23. The summed E-state index contributed by atoms with van der Waals surface area (Å²) in [6, 6.07) is 0. The SMILES string of the molecule is CCCN1N=CN(Br)C1C. The van der Waals surface area contributed by atoms with Gasteiger partial charge in [0, 0.05) is 6.54 Å². The highest BCUT2D eigenvalue weighted by atomic mass is 79.9. The van der Waals surface area contributed by atoms with Gasteiger partial charge in [0.2, 0.25) is 0 Å². The van der Waals surface area contributed by atoms with Crippen LogP contribution in [0.3, 0.4) is 0 Å². The molecule has 1 atom stereocenters. The summed E-state index contributed by atoms with van der Waals surface area (Å²) in [6.45, 7) is 5.29. The summed E-state index contributed by atoms with van der Waals surface area (Å²) >= 11 is 3.36. The van der Waals surface area contributed by atoms with Gasteiger partial charge in [-0.3, -0.25) is 8.93 Å². The molecule has 0 aromatic carbocycles. The number of hydrogen-bond donors (Lipinski definition) is 0. The van der Waals surface area contributed by atoms with Crippen LogP contribution in [0.15, 0.2) is 5.10 Å². The van der Waals surface area contributed by atoms with E-state index in [4.69, 9.17) is 0 Å². The molecule has 0 aromatic rings. The smallest absolute Gasteiger partial charge is 0.126 e. The first-order valence-corrected chi connectivity index (χ1v) is 4.21. The van der Waals surface area contributed by atoms with Crippen molar-refractivity contribution in [2.24, 2.45) is 5.10 Å². The van der Waals surface area contributed by atoms with Crippen molar-refractivity contribution in [3.8, 4) is 0 Å². The molecule has 58 valence electrons. The molecule has 0 saturated heterocycles. The van der Waals surface area contributed by atoms with E-state index >= 15 is 0 Å². The molecule has 0 saturated carbocycles. The molecule has 0 N–H and O–H groups in total. The van der Waals surface area contributed by atoms with Crippen molar-refractivity contribution < 1.29 is 0 Å². The summed E-state index contributed by atoms with van der Waals surface area (Å²) in [7, 11) is 0. The molecule has 10 heavy (non-hydrogen) atoms. The van der Waals surface area contributed by atoms with Crippen molar-refractivity contribution in [3.05, 3.63) is 0 Å². The lowest BCUT2D eigenvalue weighted by molar-refractivity contribution is 0.199. The van der Waals surface area contributed by atoms with Crippen LogP contribution in [0.25, 0.3) is 0 Å². The molecular weight excluding hydrogens is 194 g/mol. The van der Waals surface area contributed by atoms with Crippen molar-refractivity contribution in [1.82, 2.24) is 8.93 Å². The lowest BCUT2D eigenvalue weighted by Crippen LogP contribution is -2.31. The molecule has 0 fully saturated rings. The summed E-state index contributed by atoms with van der Waals surface area (Å²) in [4.78, 5) is 0. The summed E-state index contributed by atoms with van der Waals surface area (Å²) in [5.41, 5.74) is 0. The number of hydrazone groups is 1. The highest BCUT2D eigenvalue weighted by molar-refractivity contribution is 9.07. The summed E-state index contributed by atoms with van der Waals surface area (Å²) < 4.78 is 1.92. The highest BCUT2D eigenvalue weighted by Crippen LogP contribution is 2.14. The van der Waals surface area contributed by atoms with Crippen LogP contribution in [-0.2, 0) is 0 Å². The van der Waals surface area contributed by atoms with Gasteiger partial charge >= 0.3 is 0 Å². The van der Waals surface area contributed by atoms with Gasteiger partial charge in [-0.1, -0.05) is 6.92 Å². The third kappa shape index (κ3) is 1.42. The van der Waals surface area contributed by atoms with Gasteiger partial charge in [0.25, 0.3) is 0 Å². The zero-order valence-corrected chi connectivity index (χ0v) is 7.87. The molecule has 0 aromatic heterocycles. The maximum Gasteiger partial charge on any atom is 0.126 e. The molecule has 0 radical (unpaired) electrons. The van der Waals surface area contributed by atoms with Crippen molar-refractivity contribution in [1.29, 1.82) is 0 Å². The fourth-order valence-electron chi connectivity index (χ4n) is 0.910. The fourth-order valence-corrected chi connectivity index (χ4v) is 1.20. The van der Waals surface area contributed by atoms with Crippen LogP contribution in [0.2, 0.25) is 0 Å². The van der Waals surface area contributed by atoms with Crippen LogP contribution >= 0.6 is 16.1 Å². The Morgan fingerprint density at radius 3 is 2.80 bits per heavy atom. The van der Waals surface area contributed by atoms with E-state index in [1.807, 2.05) is 3.93 Å². The zero-order chi connectivity index (χ0) is 7.56. The van der Waals surface area contributed by atoms with Crippen LogP contribution in [0.1, 0.15) is 20.3 Å². The molecule has 1 rings (SSSR count). The molecule has 4 heteroatoms. The average Bonchev–Trinajstić information content (AvgIpc) is 2.20. The van der Waals surface area contributed by atoms with Gasteiger partial charge in [-0.15, -0.1) is 0 Å². The molecule has 0 bridgehead atoms. The number of nitrogens with zero attached hydrogens (tertiary/aromatic N) is 3. The van der Waals surface area contributed by atoms with E-state index in [9.17, 15) is 0 Å². The largest absolute Gasteiger partial charge is 0.275 e. The van der Waals surface area contributed by atoms with Gasteiger partial charge in [-0.05, 0) is 13.3 Å². The second-order valence-corrected chi connectivity index (χ2v) is 3.19.